The molecule has 0 aliphatic carbocycles. The third-order valence-corrected chi connectivity index (χ3v) is 9.34. The summed E-state index contributed by atoms with van der Waals surface area (Å²) in [6.45, 7) is 0.191. The van der Waals surface area contributed by atoms with Gasteiger partial charge >= 0.3 is 0 Å². The van der Waals surface area contributed by atoms with Crippen LogP contribution in [0, 0.1) is 0 Å². The zero-order valence-corrected chi connectivity index (χ0v) is 18.7. The van der Waals surface area contributed by atoms with Crippen molar-refractivity contribution in [3.8, 4) is 5.75 Å². The van der Waals surface area contributed by atoms with Crippen molar-refractivity contribution in [3.05, 3.63) is 83.7 Å². The molecule has 1 amide bonds. The summed E-state index contributed by atoms with van der Waals surface area (Å²) in [5, 5.41) is 1.35. The number of benzene rings is 2. The van der Waals surface area contributed by atoms with Crippen LogP contribution < -0.4 is 10.1 Å². The van der Waals surface area contributed by atoms with Gasteiger partial charge in [0.05, 0.1) is 28.2 Å². The molecule has 1 unspecified atom stereocenters. The number of pyridine rings is 1. The standard InChI is InChI=1S/C22H20N2O6S2/c1-30-21-17(22(25)24-13-15-6-5-11-23-12-15)9-10-18-20(21)19(14-31(18,26)27)32(28,29)16-7-3-2-4-8-16/h2-12,19H,13-14H2,1H3,(H,24,25). The van der Waals surface area contributed by atoms with E-state index in [1.54, 1.807) is 42.7 Å². The van der Waals surface area contributed by atoms with Crippen LogP contribution in [0.4, 0.5) is 0 Å². The van der Waals surface area contributed by atoms with Crippen molar-refractivity contribution >= 4 is 25.6 Å². The van der Waals surface area contributed by atoms with E-state index in [2.05, 4.69) is 10.3 Å². The Morgan fingerprint density at radius 3 is 2.53 bits per heavy atom. The minimum absolute atomic E-state index is 0.00142. The Bertz CT molecular complexity index is 1370. The van der Waals surface area contributed by atoms with E-state index in [9.17, 15) is 21.6 Å². The molecule has 0 saturated carbocycles. The van der Waals surface area contributed by atoms with Gasteiger partial charge in [-0.25, -0.2) is 16.8 Å². The summed E-state index contributed by atoms with van der Waals surface area (Å²) in [6.07, 6.45) is 3.22. The fourth-order valence-electron chi connectivity index (χ4n) is 3.73. The first-order chi connectivity index (χ1) is 15.3. The lowest BCUT2D eigenvalue weighted by atomic mass is 10.1. The predicted molar refractivity (Wildman–Crippen MR) is 117 cm³/mol. The Balaban J connectivity index is 1.78. The number of nitrogens with one attached hydrogen (secondary N) is 1. The third-order valence-electron chi connectivity index (χ3n) is 5.25. The average Bonchev–Trinajstić information content (AvgIpc) is 3.09. The second kappa shape index (κ2) is 8.36. The van der Waals surface area contributed by atoms with Crippen molar-refractivity contribution in [1.29, 1.82) is 0 Å². The molecule has 1 N–H and O–H groups in total. The van der Waals surface area contributed by atoms with Gasteiger partial charge in [0, 0.05) is 24.5 Å². The summed E-state index contributed by atoms with van der Waals surface area (Å²) in [5.41, 5.74) is 0.818. The number of nitrogens with zero attached hydrogens (tertiary/aromatic N) is 1. The molecule has 0 spiro atoms. The van der Waals surface area contributed by atoms with Crippen LogP contribution in [0.25, 0.3) is 0 Å². The lowest BCUT2D eigenvalue weighted by molar-refractivity contribution is 0.0947. The molecule has 4 rings (SSSR count). The summed E-state index contributed by atoms with van der Waals surface area (Å²) in [6, 6.07) is 13.8. The Labute approximate surface area is 186 Å². The Morgan fingerprint density at radius 2 is 1.88 bits per heavy atom. The van der Waals surface area contributed by atoms with Gasteiger partial charge < -0.3 is 10.1 Å². The molecular formula is C22H20N2O6S2. The molecule has 166 valence electrons. The normalized spacial score (nSPS) is 16.8. The highest BCUT2D eigenvalue weighted by Crippen LogP contribution is 2.47. The SMILES string of the molecule is COc1c(C(=O)NCc2cccnc2)ccc2c1C(S(=O)(=O)c1ccccc1)CS2(=O)=O. The largest absolute Gasteiger partial charge is 0.496 e. The van der Waals surface area contributed by atoms with Gasteiger partial charge in [0.1, 0.15) is 11.0 Å². The number of carbonyl (C=O) groups is 1. The highest BCUT2D eigenvalue weighted by molar-refractivity contribution is 7.96. The summed E-state index contributed by atoms with van der Waals surface area (Å²) < 4.78 is 57.6. The van der Waals surface area contributed by atoms with Crippen molar-refractivity contribution in [2.24, 2.45) is 0 Å². The molecule has 1 aromatic heterocycles. The van der Waals surface area contributed by atoms with E-state index in [0.29, 0.717) is 0 Å². The molecule has 0 saturated heterocycles. The Kier molecular flexibility index (Phi) is 5.74. The fourth-order valence-corrected chi connectivity index (χ4v) is 8.06. The van der Waals surface area contributed by atoms with Crippen LogP contribution >= 0.6 is 0 Å². The molecule has 1 aliphatic rings. The van der Waals surface area contributed by atoms with Crippen molar-refractivity contribution in [2.75, 3.05) is 12.9 Å². The number of amides is 1. The molecular weight excluding hydrogens is 452 g/mol. The molecule has 3 aromatic rings. The van der Waals surface area contributed by atoms with Crippen LogP contribution in [-0.4, -0.2) is 40.6 Å². The van der Waals surface area contributed by atoms with E-state index < -0.39 is 36.6 Å². The van der Waals surface area contributed by atoms with Crippen LogP contribution in [0.1, 0.15) is 26.7 Å². The predicted octanol–water partition coefficient (Wildman–Crippen LogP) is 2.32. The number of hydrogen-bond donors (Lipinski definition) is 1. The Morgan fingerprint density at radius 1 is 1.12 bits per heavy atom. The Hall–Kier alpha value is -3.24. The maximum atomic E-state index is 13.3. The van der Waals surface area contributed by atoms with E-state index in [1.165, 1.54) is 31.4 Å². The molecule has 0 radical (unpaired) electrons. The van der Waals surface area contributed by atoms with Gasteiger partial charge in [-0.2, -0.15) is 0 Å². The van der Waals surface area contributed by atoms with Crippen LogP contribution in [0.15, 0.2) is 76.8 Å². The molecule has 2 aromatic carbocycles. The zero-order chi connectivity index (χ0) is 22.9. The molecule has 10 heteroatoms. The van der Waals surface area contributed by atoms with E-state index in [1.807, 2.05) is 0 Å². The number of carbonyl (C=O) groups excluding carboxylic acids is 1. The fraction of sp³-hybridized carbons (Fsp3) is 0.182. The molecule has 1 atom stereocenters. The molecule has 0 fully saturated rings. The van der Waals surface area contributed by atoms with Gasteiger partial charge in [0.15, 0.2) is 19.7 Å². The van der Waals surface area contributed by atoms with Gasteiger partial charge in [-0.05, 0) is 35.9 Å². The number of aromatic nitrogens is 1. The van der Waals surface area contributed by atoms with E-state index in [4.69, 9.17) is 4.74 Å². The van der Waals surface area contributed by atoms with Crippen molar-refractivity contribution in [1.82, 2.24) is 10.3 Å². The van der Waals surface area contributed by atoms with E-state index in [-0.39, 0.29) is 33.2 Å². The lowest BCUT2D eigenvalue weighted by Gasteiger charge is -2.17. The topological polar surface area (TPSA) is 119 Å². The highest BCUT2D eigenvalue weighted by Gasteiger charge is 2.46. The van der Waals surface area contributed by atoms with Crippen molar-refractivity contribution in [3.63, 3.8) is 0 Å². The van der Waals surface area contributed by atoms with Crippen LogP contribution in [0.3, 0.4) is 0 Å². The zero-order valence-electron chi connectivity index (χ0n) is 17.1. The number of ether oxygens (including phenoxy) is 1. The quantitative estimate of drug-likeness (QED) is 0.585. The summed E-state index contributed by atoms with van der Waals surface area (Å²) >= 11 is 0. The monoisotopic (exact) mass is 472 g/mol. The molecule has 0 bridgehead atoms. The summed E-state index contributed by atoms with van der Waals surface area (Å²) in [5.74, 6) is -1.19. The molecule has 32 heavy (non-hydrogen) atoms. The molecule has 1 aliphatic heterocycles. The van der Waals surface area contributed by atoms with Gasteiger partial charge in [-0.3, -0.25) is 9.78 Å². The van der Waals surface area contributed by atoms with Crippen LogP contribution in [0.5, 0.6) is 5.75 Å². The first-order valence-electron chi connectivity index (χ1n) is 9.65. The lowest BCUT2D eigenvalue weighted by Crippen LogP contribution is -2.24. The van der Waals surface area contributed by atoms with Crippen LogP contribution in [-0.2, 0) is 26.2 Å². The number of rotatable bonds is 6. The first-order valence-corrected chi connectivity index (χ1v) is 12.9. The second-order valence-corrected chi connectivity index (χ2v) is 11.4. The number of methoxy groups -OCH3 is 1. The number of fused-ring (bicyclic) bond motifs is 1. The minimum atomic E-state index is -4.05. The summed E-state index contributed by atoms with van der Waals surface area (Å²) in [7, 11) is -6.65. The van der Waals surface area contributed by atoms with Crippen molar-refractivity contribution in [2.45, 2.75) is 21.6 Å². The van der Waals surface area contributed by atoms with Gasteiger partial charge in [0.2, 0.25) is 0 Å². The second-order valence-electron chi connectivity index (χ2n) is 7.23. The molecule has 8 nitrogen and oxygen atoms in total. The van der Waals surface area contributed by atoms with Gasteiger partial charge in [0.25, 0.3) is 5.91 Å². The van der Waals surface area contributed by atoms with E-state index in [0.717, 1.165) is 5.56 Å². The maximum Gasteiger partial charge on any atom is 0.255 e. The summed E-state index contributed by atoms with van der Waals surface area (Å²) in [4.78, 5) is 16.7. The average molecular weight is 473 g/mol. The van der Waals surface area contributed by atoms with Crippen molar-refractivity contribution < 1.29 is 26.4 Å². The maximum absolute atomic E-state index is 13.3. The van der Waals surface area contributed by atoms with Gasteiger partial charge in [-0.15, -0.1) is 0 Å². The first kappa shape index (κ1) is 22.0. The number of hydrogen-bond acceptors (Lipinski definition) is 7. The highest BCUT2D eigenvalue weighted by atomic mass is 32.2. The molecule has 2 heterocycles. The third kappa shape index (κ3) is 3.87. The minimum Gasteiger partial charge on any atom is -0.496 e. The van der Waals surface area contributed by atoms with Crippen LogP contribution in [0.2, 0.25) is 0 Å². The van der Waals surface area contributed by atoms with Gasteiger partial charge in [-0.1, -0.05) is 24.3 Å². The smallest absolute Gasteiger partial charge is 0.255 e. The van der Waals surface area contributed by atoms with E-state index >= 15 is 0 Å². The number of sulfone groups is 2.